The van der Waals surface area contributed by atoms with Crippen molar-refractivity contribution in [2.75, 3.05) is 16.2 Å². The van der Waals surface area contributed by atoms with Gasteiger partial charge in [-0.05, 0) is 74.6 Å². The smallest absolute Gasteiger partial charge is 0.237 e. The van der Waals surface area contributed by atoms with Crippen molar-refractivity contribution in [2.24, 2.45) is 0 Å². The summed E-state index contributed by atoms with van der Waals surface area (Å²) in [6.45, 7) is 3.73. The Bertz CT molecular complexity index is 1630. The van der Waals surface area contributed by atoms with Crippen molar-refractivity contribution in [2.45, 2.75) is 45.6 Å². The molecule has 2 aromatic heterocycles. The van der Waals surface area contributed by atoms with E-state index in [0.717, 1.165) is 47.0 Å². The molecule has 0 unspecified atom stereocenters. The Balaban J connectivity index is 1.59. The number of sulfonamides is 1. The molecule has 1 aliphatic rings. The first-order chi connectivity index (χ1) is 17.8. The molecule has 0 atom stereocenters. The second kappa shape index (κ2) is 9.79. The van der Waals surface area contributed by atoms with E-state index in [9.17, 15) is 13.7 Å². The van der Waals surface area contributed by atoms with Gasteiger partial charge in [0.2, 0.25) is 15.9 Å². The van der Waals surface area contributed by atoms with Gasteiger partial charge in [0.15, 0.2) is 0 Å². The lowest BCUT2D eigenvalue weighted by Crippen LogP contribution is -2.18. The summed E-state index contributed by atoms with van der Waals surface area (Å²) in [5.74, 6) is 0.913. The highest BCUT2D eigenvalue weighted by Gasteiger charge is 2.27. The molecule has 8 nitrogen and oxygen atoms in total. The molecular formula is C28H29N5O3S. The number of hydrogen-bond acceptors (Lipinski definition) is 6. The summed E-state index contributed by atoms with van der Waals surface area (Å²) in [7, 11) is -3.38. The minimum Gasteiger partial charge on any atom is -0.438 e. The van der Waals surface area contributed by atoms with Crippen LogP contribution in [-0.2, 0) is 10.0 Å². The zero-order valence-electron chi connectivity index (χ0n) is 20.9. The molecule has 0 aliphatic heterocycles. The Labute approximate surface area is 216 Å². The molecule has 9 heteroatoms. The van der Waals surface area contributed by atoms with E-state index in [0.29, 0.717) is 35.2 Å². The number of anilines is 2. The van der Waals surface area contributed by atoms with Crippen LogP contribution in [-0.4, -0.2) is 23.7 Å². The fourth-order valence-corrected chi connectivity index (χ4v) is 5.98. The van der Waals surface area contributed by atoms with E-state index in [1.54, 1.807) is 24.4 Å². The van der Waals surface area contributed by atoms with E-state index in [2.05, 4.69) is 20.3 Å². The van der Waals surface area contributed by atoms with Crippen LogP contribution in [0.5, 0.6) is 11.6 Å². The molecule has 0 bridgehead atoms. The summed E-state index contributed by atoms with van der Waals surface area (Å²) in [5.41, 5.74) is 12.0. The normalized spacial score (nSPS) is 13.8. The third-order valence-electron chi connectivity index (χ3n) is 6.80. The summed E-state index contributed by atoms with van der Waals surface area (Å²) in [6.07, 6.45) is 5.39. The van der Waals surface area contributed by atoms with E-state index in [-0.39, 0.29) is 11.6 Å². The molecule has 1 saturated carbocycles. The molecule has 190 valence electrons. The number of nitrogen functional groups attached to an aromatic ring is 1. The average Bonchev–Trinajstić information content (AvgIpc) is 3.11. The molecule has 0 saturated heterocycles. The molecule has 2 aromatic carbocycles. The number of ether oxygens (including phenoxy) is 1. The van der Waals surface area contributed by atoms with Gasteiger partial charge in [-0.2, -0.15) is 5.26 Å². The quantitative estimate of drug-likeness (QED) is 0.291. The van der Waals surface area contributed by atoms with Gasteiger partial charge >= 0.3 is 0 Å². The van der Waals surface area contributed by atoms with Crippen molar-refractivity contribution < 1.29 is 13.2 Å². The van der Waals surface area contributed by atoms with Crippen LogP contribution >= 0.6 is 0 Å². The molecule has 1 fully saturated rings. The van der Waals surface area contributed by atoms with Crippen LogP contribution in [0.3, 0.4) is 0 Å². The van der Waals surface area contributed by atoms with E-state index < -0.39 is 10.0 Å². The van der Waals surface area contributed by atoms with Gasteiger partial charge in [0.1, 0.15) is 17.4 Å². The van der Waals surface area contributed by atoms with E-state index in [1.807, 2.05) is 44.2 Å². The van der Waals surface area contributed by atoms with Gasteiger partial charge in [-0.1, -0.05) is 13.0 Å². The third-order valence-corrected chi connectivity index (χ3v) is 8.28. The Morgan fingerprint density at radius 3 is 2.70 bits per heavy atom. The summed E-state index contributed by atoms with van der Waals surface area (Å²) < 4.78 is 35.6. The fraction of sp³-hybridized carbons (Fsp3) is 0.286. The van der Waals surface area contributed by atoms with E-state index in [1.165, 1.54) is 0 Å². The molecular weight excluding hydrogens is 486 g/mol. The van der Waals surface area contributed by atoms with Gasteiger partial charge in [0.25, 0.3) is 0 Å². The van der Waals surface area contributed by atoms with Crippen molar-refractivity contribution in [3.63, 3.8) is 0 Å². The lowest BCUT2D eigenvalue weighted by Gasteiger charge is -2.30. The number of nitrogens with zero attached hydrogens (tertiary/aromatic N) is 3. The van der Waals surface area contributed by atoms with Crippen LogP contribution in [0.1, 0.15) is 49.8 Å². The number of nitrogens with one attached hydrogen (secondary N) is 1. The van der Waals surface area contributed by atoms with Crippen molar-refractivity contribution in [3.05, 3.63) is 65.9 Å². The number of pyridine rings is 1. The summed E-state index contributed by atoms with van der Waals surface area (Å²) >= 11 is 0. The second-order valence-corrected chi connectivity index (χ2v) is 11.3. The molecule has 37 heavy (non-hydrogen) atoms. The highest BCUT2D eigenvalue weighted by Crippen LogP contribution is 2.45. The Morgan fingerprint density at radius 1 is 1.22 bits per heavy atom. The molecule has 0 amide bonds. The maximum atomic E-state index is 12.3. The molecule has 2 heterocycles. The van der Waals surface area contributed by atoms with Gasteiger partial charge in [-0.25, -0.2) is 13.4 Å². The Morgan fingerprint density at radius 2 is 2.03 bits per heavy atom. The highest BCUT2D eigenvalue weighted by atomic mass is 32.2. The number of nitrogens with two attached hydrogens (primary N) is 1. The zero-order valence-corrected chi connectivity index (χ0v) is 21.7. The van der Waals surface area contributed by atoms with E-state index in [4.69, 9.17) is 10.5 Å². The van der Waals surface area contributed by atoms with Gasteiger partial charge in [-0.15, -0.1) is 0 Å². The molecule has 0 radical (unpaired) electrons. The van der Waals surface area contributed by atoms with Crippen molar-refractivity contribution in [1.82, 2.24) is 9.55 Å². The average molecular weight is 516 g/mol. The topological polar surface area (TPSA) is 123 Å². The first kappa shape index (κ1) is 24.7. The highest BCUT2D eigenvalue weighted by molar-refractivity contribution is 7.92. The lowest BCUT2D eigenvalue weighted by molar-refractivity contribution is 0.324. The minimum atomic E-state index is -3.38. The van der Waals surface area contributed by atoms with Crippen molar-refractivity contribution >= 4 is 32.3 Å². The predicted molar refractivity (Wildman–Crippen MR) is 146 cm³/mol. The molecule has 1 aliphatic carbocycles. The van der Waals surface area contributed by atoms with Gasteiger partial charge < -0.3 is 15.0 Å². The number of nitriles is 1. The number of aromatic nitrogens is 2. The number of aryl methyl sites for hydroxylation is 1. The monoisotopic (exact) mass is 515 g/mol. The number of benzene rings is 2. The molecule has 3 N–H and O–H groups in total. The molecule has 0 spiro atoms. The van der Waals surface area contributed by atoms with Crippen LogP contribution in [0.25, 0.3) is 22.2 Å². The summed E-state index contributed by atoms with van der Waals surface area (Å²) in [6, 6.07) is 17.2. The van der Waals surface area contributed by atoms with Gasteiger partial charge in [-0.3, -0.25) is 4.72 Å². The SMILES string of the molecule is CCCS(=O)(=O)Nc1ccc(-c2c(N)c3ccc(Oc4ncccc4C#N)cc3n2C2CCC2)cc1C. The summed E-state index contributed by atoms with van der Waals surface area (Å²) in [4.78, 5) is 4.21. The standard InChI is InChI=1S/C28H29N5O3S/c1-3-14-37(34,35)32-24-12-9-19(15-18(24)2)27-26(30)23-11-10-22(16-25(23)33(27)21-7-4-8-21)36-28-20(17-29)6-5-13-31-28/h5-6,9-13,15-16,21,32H,3-4,7-8,14,30H2,1-2H3. The lowest BCUT2D eigenvalue weighted by atomic mass is 9.92. The van der Waals surface area contributed by atoms with Gasteiger partial charge in [0.05, 0.1) is 28.3 Å². The molecule has 4 aromatic rings. The first-order valence-corrected chi connectivity index (χ1v) is 14.0. The zero-order chi connectivity index (χ0) is 26.2. The fourth-order valence-electron chi connectivity index (χ4n) is 4.78. The number of fused-ring (bicyclic) bond motifs is 1. The summed E-state index contributed by atoms with van der Waals surface area (Å²) in [5, 5.41) is 10.3. The predicted octanol–water partition coefficient (Wildman–Crippen LogP) is 6.13. The maximum Gasteiger partial charge on any atom is 0.237 e. The number of rotatable bonds is 8. The van der Waals surface area contributed by atoms with Crippen LogP contribution < -0.4 is 15.2 Å². The van der Waals surface area contributed by atoms with Gasteiger partial charge in [0, 0.05) is 29.3 Å². The van der Waals surface area contributed by atoms with E-state index >= 15 is 0 Å². The second-order valence-electron chi connectivity index (χ2n) is 9.42. The van der Waals surface area contributed by atoms with Crippen LogP contribution in [0, 0.1) is 18.3 Å². The van der Waals surface area contributed by atoms with Crippen molar-refractivity contribution in [1.29, 1.82) is 5.26 Å². The van der Waals surface area contributed by atoms with Crippen LogP contribution in [0.4, 0.5) is 11.4 Å². The molecule has 5 rings (SSSR count). The first-order valence-electron chi connectivity index (χ1n) is 12.4. The van der Waals surface area contributed by atoms with Crippen LogP contribution in [0.2, 0.25) is 0 Å². The van der Waals surface area contributed by atoms with Crippen molar-refractivity contribution in [3.8, 4) is 29.0 Å². The Hall–Kier alpha value is -4.03. The number of hydrogen-bond donors (Lipinski definition) is 2. The third kappa shape index (κ3) is 4.72. The maximum absolute atomic E-state index is 12.3. The van der Waals surface area contributed by atoms with Crippen LogP contribution in [0.15, 0.2) is 54.7 Å². The Kier molecular flexibility index (Phi) is 6.52. The minimum absolute atomic E-state index is 0.0792. The largest absolute Gasteiger partial charge is 0.438 e.